The Bertz CT molecular complexity index is 1290. The maximum atomic E-state index is 14.2. The van der Waals surface area contributed by atoms with E-state index in [1.54, 1.807) is 36.2 Å². The number of aromatic nitrogens is 2. The third-order valence-corrected chi connectivity index (χ3v) is 5.97. The molecule has 2 atom stereocenters. The van der Waals surface area contributed by atoms with Crippen molar-refractivity contribution in [2.24, 2.45) is 0 Å². The van der Waals surface area contributed by atoms with Gasteiger partial charge < -0.3 is 15.0 Å². The molecule has 8 nitrogen and oxygen atoms in total. The summed E-state index contributed by atoms with van der Waals surface area (Å²) in [6, 6.07) is 10.8. The van der Waals surface area contributed by atoms with Gasteiger partial charge in [-0.1, -0.05) is 6.07 Å². The summed E-state index contributed by atoms with van der Waals surface area (Å²) in [5.41, 5.74) is 2.25. The first-order valence-corrected chi connectivity index (χ1v) is 10.7. The van der Waals surface area contributed by atoms with Gasteiger partial charge in [-0.05, 0) is 47.9 Å². The van der Waals surface area contributed by atoms with Crippen LogP contribution < -0.4 is 5.56 Å². The lowest BCUT2D eigenvalue weighted by Crippen LogP contribution is -2.39. The number of aliphatic hydroxyl groups excluding tert-OH is 1. The van der Waals surface area contributed by atoms with E-state index in [1.807, 2.05) is 11.0 Å². The Morgan fingerprint density at radius 3 is 2.94 bits per heavy atom. The fourth-order valence-corrected chi connectivity index (χ4v) is 4.22. The molecule has 1 saturated heterocycles. The number of benzene rings is 2. The lowest BCUT2D eigenvalue weighted by atomic mass is 10.0. The smallest absolute Gasteiger partial charge is 0.266 e. The number of rotatable bonds is 6. The highest BCUT2D eigenvalue weighted by Crippen LogP contribution is 2.26. The third kappa shape index (κ3) is 5.25. The number of carbonyl (C=O) groups is 1. The van der Waals surface area contributed by atoms with Crippen LogP contribution >= 0.6 is 0 Å². The van der Waals surface area contributed by atoms with Crippen LogP contribution in [0, 0.1) is 17.1 Å². The zero-order chi connectivity index (χ0) is 23.5. The minimum atomic E-state index is -0.540. The van der Waals surface area contributed by atoms with Gasteiger partial charge in [-0.25, -0.2) is 9.37 Å². The monoisotopic (exact) mass is 449 g/mol. The molecular formula is C24H24FN5O3. The highest BCUT2D eigenvalue weighted by molar-refractivity contribution is 5.81. The number of nitrogens with one attached hydrogen (secondary N) is 1. The first-order valence-electron chi connectivity index (χ1n) is 10.7. The topological polar surface area (TPSA) is 113 Å². The number of fused-ring (bicyclic) bond motifs is 1. The first kappa shape index (κ1) is 22.6. The molecule has 0 radical (unpaired) electrons. The number of amides is 1. The van der Waals surface area contributed by atoms with Crippen LogP contribution in [0.2, 0.25) is 0 Å². The van der Waals surface area contributed by atoms with Crippen molar-refractivity contribution in [3.05, 3.63) is 75.5 Å². The van der Waals surface area contributed by atoms with Gasteiger partial charge in [0.15, 0.2) is 0 Å². The predicted octanol–water partition coefficient (Wildman–Crippen LogP) is 1.74. The summed E-state index contributed by atoms with van der Waals surface area (Å²) >= 11 is 0. The Hall–Kier alpha value is -3.61. The fraction of sp³-hybridized carbons (Fsp3) is 0.333. The molecule has 0 spiro atoms. The Morgan fingerprint density at radius 2 is 2.21 bits per heavy atom. The molecule has 0 bridgehead atoms. The van der Waals surface area contributed by atoms with Crippen LogP contribution in [0.3, 0.4) is 0 Å². The van der Waals surface area contributed by atoms with Crippen LogP contribution in [0.25, 0.3) is 11.0 Å². The van der Waals surface area contributed by atoms with Crippen LogP contribution in [0.1, 0.15) is 29.2 Å². The molecular weight excluding hydrogens is 425 g/mol. The van der Waals surface area contributed by atoms with E-state index >= 15 is 0 Å². The highest BCUT2D eigenvalue weighted by Gasteiger charge is 2.28. The maximum absolute atomic E-state index is 14.2. The average Bonchev–Trinajstić information content (AvgIpc) is 3.20. The lowest BCUT2D eigenvalue weighted by Gasteiger charge is -2.32. The van der Waals surface area contributed by atoms with E-state index in [2.05, 4.69) is 9.97 Å². The number of nitrogens with zero attached hydrogens (tertiary/aromatic N) is 4. The number of aromatic amines is 1. The first-order chi connectivity index (χ1) is 15.8. The minimum Gasteiger partial charge on any atom is -0.392 e. The van der Waals surface area contributed by atoms with E-state index in [1.165, 1.54) is 12.3 Å². The zero-order valence-electron chi connectivity index (χ0n) is 18.2. The van der Waals surface area contributed by atoms with Crippen molar-refractivity contribution < 1.29 is 14.3 Å². The summed E-state index contributed by atoms with van der Waals surface area (Å²) in [4.78, 5) is 35.1. The number of carbonyl (C=O) groups excluding carboxylic acids is 1. The molecule has 2 aromatic carbocycles. The lowest BCUT2D eigenvalue weighted by molar-refractivity contribution is -0.131. The predicted molar refractivity (Wildman–Crippen MR) is 120 cm³/mol. The van der Waals surface area contributed by atoms with E-state index < -0.39 is 18.0 Å². The number of nitriles is 1. The van der Waals surface area contributed by atoms with Crippen LogP contribution in [-0.2, 0) is 11.2 Å². The molecule has 3 aromatic rings. The summed E-state index contributed by atoms with van der Waals surface area (Å²) in [6.45, 7) is 1.55. The van der Waals surface area contributed by atoms with Gasteiger partial charge in [-0.15, -0.1) is 0 Å². The quantitative estimate of drug-likeness (QED) is 0.593. The van der Waals surface area contributed by atoms with Crippen molar-refractivity contribution in [3.8, 4) is 6.07 Å². The van der Waals surface area contributed by atoms with Crippen molar-refractivity contribution in [1.29, 1.82) is 5.26 Å². The second kappa shape index (κ2) is 9.48. The molecule has 170 valence electrons. The number of hydrogen-bond donors (Lipinski definition) is 2. The number of likely N-dealkylation sites (tertiary alicyclic amines) is 1. The maximum Gasteiger partial charge on any atom is 0.266 e. The van der Waals surface area contributed by atoms with Gasteiger partial charge in [0.25, 0.3) is 5.56 Å². The number of likely N-dealkylation sites (N-methyl/N-ethyl adjacent to an activating group) is 1. The van der Waals surface area contributed by atoms with Crippen LogP contribution in [-0.4, -0.2) is 63.6 Å². The van der Waals surface area contributed by atoms with Crippen molar-refractivity contribution in [1.82, 2.24) is 19.8 Å². The largest absolute Gasteiger partial charge is 0.392 e. The zero-order valence-corrected chi connectivity index (χ0v) is 18.2. The fourth-order valence-electron chi connectivity index (χ4n) is 4.22. The molecule has 1 unspecified atom stereocenters. The van der Waals surface area contributed by atoms with Gasteiger partial charge >= 0.3 is 0 Å². The number of aliphatic hydroxyl groups is 1. The molecule has 1 aliphatic heterocycles. The van der Waals surface area contributed by atoms with E-state index in [-0.39, 0.29) is 23.5 Å². The molecule has 1 aliphatic rings. The SMILES string of the molecule is CN(C(=O)Cc1ccc2ncc(=O)[nH]c2c1)[C@H](CN1CCC(O)C1)c1cc(F)cc(C#N)c1. The standard InChI is InChI=1S/C24H24FN5O3/c1-29(24(33)9-15-2-3-20-21(8-15)28-23(32)12-27-20)22(14-30-5-4-19(31)13-30)17-6-16(11-26)7-18(25)10-17/h2-3,6-8,10,12,19,22,31H,4-5,9,13-14H2,1H3,(H,28,32)/t19?,22-/m1/s1. The summed E-state index contributed by atoms with van der Waals surface area (Å²) in [5, 5.41) is 19.2. The van der Waals surface area contributed by atoms with Crippen molar-refractivity contribution in [2.75, 3.05) is 26.7 Å². The number of β-amino-alcohol motifs (C(OH)–C–C–N with tert-alkyl or cyclic N) is 1. The molecule has 4 rings (SSSR count). The summed E-state index contributed by atoms with van der Waals surface area (Å²) in [7, 11) is 1.65. The number of halogens is 1. The number of hydrogen-bond acceptors (Lipinski definition) is 6. The second-order valence-corrected chi connectivity index (χ2v) is 8.38. The Morgan fingerprint density at radius 1 is 1.39 bits per heavy atom. The molecule has 1 fully saturated rings. The van der Waals surface area contributed by atoms with Crippen LogP contribution in [0.4, 0.5) is 4.39 Å². The van der Waals surface area contributed by atoms with Crippen molar-refractivity contribution in [3.63, 3.8) is 0 Å². The van der Waals surface area contributed by atoms with Gasteiger partial charge in [0.1, 0.15) is 5.82 Å². The van der Waals surface area contributed by atoms with Gasteiger partial charge in [0.05, 0.1) is 47.4 Å². The molecule has 0 aliphatic carbocycles. The van der Waals surface area contributed by atoms with Gasteiger partial charge in [0.2, 0.25) is 5.91 Å². The molecule has 9 heteroatoms. The van der Waals surface area contributed by atoms with E-state index in [9.17, 15) is 24.3 Å². The molecule has 1 amide bonds. The van der Waals surface area contributed by atoms with E-state index in [0.29, 0.717) is 48.2 Å². The van der Waals surface area contributed by atoms with E-state index in [0.717, 1.165) is 6.07 Å². The molecule has 0 saturated carbocycles. The molecule has 1 aromatic heterocycles. The third-order valence-electron chi connectivity index (χ3n) is 5.97. The second-order valence-electron chi connectivity index (χ2n) is 8.38. The highest BCUT2D eigenvalue weighted by atomic mass is 19.1. The summed E-state index contributed by atoms with van der Waals surface area (Å²) in [5.74, 6) is -0.740. The van der Waals surface area contributed by atoms with Crippen molar-refractivity contribution >= 4 is 16.9 Å². The summed E-state index contributed by atoms with van der Waals surface area (Å²) in [6.07, 6.45) is 1.49. The van der Waals surface area contributed by atoms with Gasteiger partial charge in [0, 0.05) is 26.7 Å². The Kier molecular flexibility index (Phi) is 6.49. The van der Waals surface area contributed by atoms with Gasteiger partial charge in [-0.3, -0.25) is 14.5 Å². The van der Waals surface area contributed by atoms with Crippen LogP contribution in [0.15, 0.2) is 47.4 Å². The summed E-state index contributed by atoms with van der Waals surface area (Å²) < 4.78 is 14.2. The molecule has 2 heterocycles. The Balaban J connectivity index is 1.60. The molecule has 2 N–H and O–H groups in total. The van der Waals surface area contributed by atoms with E-state index in [4.69, 9.17) is 0 Å². The number of H-pyrrole nitrogens is 1. The van der Waals surface area contributed by atoms with Crippen LogP contribution in [0.5, 0.6) is 0 Å². The van der Waals surface area contributed by atoms with Crippen molar-refractivity contribution in [2.45, 2.75) is 25.0 Å². The minimum absolute atomic E-state index is 0.0723. The van der Waals surface area contributed by atoms with Gasteiger partial charge in [-0.2, -0.15) is 5.26 Å². The molecule has 33 heavy (non-hydrogen) atoms. The Labute approximate surface area is 189 Å². The normalized spacial score (nSPS) is 17.1. The average molecular weight is 449 g/mol.